The van der Waals surface area contributed by atoms with Gasteiger partial charge in [-0.15, -0.1) is 0 Å². The molecule has 1 aromatic carbocycles. The van der Waals surface area contributed by atoms with Gasteiger partial charge in [0.25, 0.3) is 5.17 Å². The molecule has 0 aliphatic heterocycles. The molecule has 22 heavy (non-hydrogen) atoms. The molecule has 1 fully saturated rings. The number of hydrogen-bond donors (Lipinski definition) is 2. The van der Waals surface area contributed by atoms with Crippen molar-refractivity contribution in [2.45, 2.75) is 51.3 Å². The van der Waals surface area contributed by atoms with Gasteiger partial charge in [-0.2, -0.15) is 0 Å². The van der Waals surface area contributed by atoms with Crippen LogP contribution in [0.3, 0.4) is 0 Å². The number of carbonyl (C=O) groups is 1. The maximum Gasteiger partial charge on any atom is 0.407 e. The molecule has 1 aromatic rings. The summed E-state index contributed by atoms with van der Waals surface area (Å²) in [5.74, 6) is 0.711. The Balaban J connectivity index is 1.65. The van der Waals surface area contributed by atoms with Crippen molar-refractivity contribution >= 4 is 23.5 Å². The van der Waals surface area contributed by atoms with Crippen molar-refractivity contribution in [1.82, 2.24) is 10.6 Å². The zero-order chi connectivity index (χ0) is 16.2. The Morgan fingerprint density at radius 2 is 1.73 bits per heavy atom. The van der Waals surface area contributed by atoms with Crippen LogP contribution in [0, 0.1) is 0 Å². The summed E-state index contributed by atoms with van der Waals surface area (Å²) in [5, 5.41) is 6.33. The number of ether oxygens (including phenoxy) is 2. The summed E-state index contributed by atoms with van der Waals surface area (Å²) in [4.78, 5) is 11.6. The number of thiocarbonyl (C=S) groups is 1. The van der Waals surface area contributed by atoms with Gasteiger partial charge < -0.3 is 20.1 Å². The molecule has 2 rings (SSSR count). The van der Waals surface area contributed by atoms with Crippen molar-refractivity contribution < 1.29 is 14.3 Å². The lowest BCUT2D eigenvalue weighted by atomic mass is 9.87. The second-order valence-corrected chi connectivity index (χ2v) is 6.73. The maximum absolute atomic E-state index is 11.6. The van der Waals surface area contributed by atoms with Crippen LogP contribution in [-0.2, 0) is 4.74 Å². The number of rotatable bonds is 3. The van der Waals surface area contributed by atoms with Crippen molar-refractivity contribution in [2.24, 2.45) is 0 Å². The van der Waals surface area contributed by atoms with E-state index in [4.69, 9.17) is 21.7 Å². The molecule has 0 radical (unpaired) electrons. The van der Waals surface area contributed by atoms with Crippen LogP contribution in [0.15, 0.2) is 30.3 Å². The largest absolute Gasteiger partial charge is 0.444 e. The number of nitrogens with one attached hydrogen (secondary N) is 2. The molecule has 0 aromatic heterocycles. The Morgan fingerprint density at radius 3 is 2.32 bits per heavy atom. The lowest BCUT2D eigenvalue weighted by molar-refractivity contribution is 0.0469. The van der Waals surface area contributed by atoms with Gasteiger partial charge in [-0.3, -0.25) is 0 Å². The van der Waals surface area contributed by atoms with Gasteiger partial charge in [-0.05, 0) is 58.0 Å². The van der Waals surface area contributed by atoms with Crippen LogP contribution in [0.1, 0.15) is 33.6 Å². The fourth-order valence-electron chi connectivity index (χ4n) is 2.12. The molecule has 6 heteroatoms. The molecule has 0 unspecified atom stereocenters. The normalized spacial score (nSPS) is 20.5. The molecule has 1 saturated carbocycles. The van der Waals surface area contributed by atoms with Gasteiger partial charge in [-0.1, -0.05) is 18.2 Å². The summed E-state index contributed by atoms with van der Waals surface area (Å²) >= 11 is 5.17. The third kappa shape index (κ3) is 5.52. The van der Waals surface area contributed by atoms with E-state index in [1.807, 2.05) is 51.1 Å². The first kappa shape index (κ1) is 16.5. The zero-order valence-electron chi connectivity index (χ0n) is 13.1. The van der Waals surface area contributed by atoms with Crippen LogP contribution in [-0.4, -0.2) is 29.0 Å². The third-order valence-electron chi connectivity index (χ3n) is 3.13. The van der Waals surface area contributed by atoms with E-state index in [2.05, 4.69) is 10.6 Å². The summed E-state index contributed by atoms with van der Waals surface area (Å²) in [6.07, 6.45) is 1.23. The second kappa shape index (κ2) is 6.96. The van der Waals surface area contributed by atoms with Gasteiger partial charge in [0, 0.05) is 12.1 Å². The number of carbonyl (C=O) groups excluding carboxylic acids is 1. The molecule has 2 N–H and O–H groups in total. The van der Waals surface area contributed by atoms with Crippen LogP contribution < -0.4 is 15.4 Å². The Morgan fingerprint density at radius 1 is 1.14 bits per heavy atom. The predicted octanol–water partition coefficient (Wildman–Crippen LogP) is 3.00. The molecular weight excluding hydrogens is 300 g/mol. The topological polar surface area (TPSA) is 59.6 Å². The second-order valence-electron chi connectivity index (χ2n) is 6.36. The summed E-state index contributed by atoms with van der Waals surface area (Å²) in [5.41, 5.74) is -0.476. The number of hydrogen-bond acceptors (Lipinski definition) is 4. The first-order valence-electron chi connectivity index (χ1n) is 7.35. The first-order chi connectivity index (χ1) is 10.3. The van der Waals surface area contributed by atoms with Gasteiger partial charge in [0.05, 0.1) is 0 Å². The van der Waals surface area contributed by atoms with Crippen molar-refractivity contribution in [3.8, 4) is 5.75 Å². The van der Waals surface area contributed by atoms with Crippen LogP contribution >= 0.6 is 12.2 Å². The fourth-order valence-corrected chi connectivity index (χ4v) is 2.38. The minimum atomic E-state index is -0.476. The van der Waals surface area contributed by atoms with Gasteiger partial charge in [0.15, 0.2) is 0 Å². The highest BCUT2D eigenvalue weighted by molar-refractivity contribution is 7.80. The van der Waals surface area contributed by atoms with Crippen LogP contribution in [0.5, 0.6) is 5.75 Å². The lowest BCUT2D eigenvalue weighted by Gasteiger charge is -2.36. The SMILES string of the molecule is CC(C)(C)OC(=O)NC1CC(NC(=S)Oc2ccccc2)C1. The van der Waals surface area contributed by atoms with Crippen LogP contribution in [0.4, 0.5) is 4.79 Å². The van der Waals surface area contributed by atoms with E-state index in [1.165, 1.54) is 0 Å². The Hall–Kier alpha value is -1.82. The minimum Gasteiger partial charge on any atom is -0.444 e. The van der Waals surface area contributed by atoms with Crippen molar-refractivity contribution in [3.05, 3.63) is 30.3 Å². The molecule has 0 saturated heterocycles. The summed E-state index contributed by atoms with van der Waals surface area (Å²) in [6.45, 7) is 5.53. The summed E-state index contributed by atoms with van der Waals surface area (Å²) in [7, 11) is 0. The van der Waals surface area contributed by atoms with Gasteiger partial charge in [-0.25, -0.2) is 4.79 Å². The van der Waals surface area contributed by atoms with E-state index in [1.54, 1.807) is 0 Å². The third-order valence-corrected chi connectivity index (χ3v) is 3.34. The molecule has 0 heterocycles. The van der Waals surface area contributed by atoms with E-state index in [0.717, 1.165) is 12.8 Å². The smallest absolute Gasteiger partial charge is 0.407 e. The molecule has 1 amide bonds. The van der Waals surface area contributed by atoms with E-state index in [0.29, 0.717) is 10.9 Å². The van der Waals surface area contributed by atoms with E-state index in [9.17, 15) is 4.79 Å². The highest BCUT2D eigenvalue weighted by atomic mass is 32.1. The van der Waals surface area contributed by atoms with Gasteiger partial charge in [0.2, 0.25) is 0 Å². The van der Waals surface area contributed by atoms with Crippen molar-refractivity contribution in [1.29, 1.82) is 0 Å². The highest BCUT2D eigenvalue weighted by Gasteiger charge is 2.32. The van der Waals surface area contributed by atoms with Gasteiger partial charge >= 0.3 is 6.09 Å². The molecule has 0 spiro atoms. The number of para-hydroxylation sites is 1. The highest BCUT2D eigenvalue weighted by Crippen LogP contribution is 2.21. The minimum absolute atomic E-state index is 0.117. The monoisotopic (exact) mass is 322 g/mol. The number of alkyl carbamates (subject to hydrolysis) is 1. The first-order valence-corrected chi connectivity index (χ1v) is 7.75. The molecule has 5 nitrogen and oxygen atoms in total. The van der Waals surface area contributed by atoms with Crippen LogP contribution in [0.2, 0.25) is 0 Å². The summed E-state index contributed by atoms with van der Waals surface area (Å²) < 4.78 is 10.7. The van der Waals surface area contributed by atoms with Crippen molar-refractivity contribution in [2.75, 3.05) is 0 Å². The van der Waals surface area contributed by atoms with E-state index < -0.39 is 5.60 Å². The standard InChI is InChI=1S/C16H22N2O3S/c1-16(2,3)21-14(19)17-11-9-12(10-11)18-15(22)20-13-7-5-4-6-8-13/h4-8,11-12H,9-10H2,1-3H3,(H,17,19)(H,18,22). The van der Waals surface area contributed by atoms with E-state index in [-0.39, 0.29) is 18.2 Å². The molecule has 1 aliphatic rings. The Kier molecular flexibility index (Phi) is 5.24. The van der Waals surface area contributed by atoms with Crippen LogP contribution in [0.25, 0.3) is 0 Å². The average molecular weight is 322 g/mol. The predicted molar refractivity (Wildman–Crippen MR) is 89.0 cm³/mol. The van der Waals surface area contributed by atoms with Gasteiger partial charge in [0.1, 0.15) is 11.4 Å². The van der Waals surface area contributed by atoms with E-state index >= 15 is 0 Å². The lowest BCUT2D eigenvalue weighted by Crippen LogP contribution is -2.54. The number of amides is 1. The van der Waals surface area contributed by atoms with Crippen molar-refractivity contribution in [3.63, 3.8) is 0 Å². The maximum atomic E-state index is 11.6. The molecule has 120 valence electrons. The Bertz CT molecular complexity index is 522. The average Bonchev–Trinajstić information content (AvgIpc) is 2.35. The Labute approximate surface area is 136 Å². The molecule has 0 atom stereocenters. The quantitative estimate of drug-likeness (QED) is 0.838. The molecule has 0 bridgehead atoms. The molecule has 1 aliphatic carbocycles. The fraction of sp³-hybridized carbons (Fsp3) is 0.500. The summed E-state index contributed by atoms with van der Waals surface area (Å²) in [6, 6.07) is 9.73. The number of benzene rings is 1. The zero-order valence-corrected chi connectivity index (χ0v) is 13.9. The molecular formula is C16H22N2O3S.